The average Bonchev–Trinajstić information content (AvgIpc) is 2.28. The first kappa shape index (κ1) is 12.6. The maximum absolute atomic E-state index is 11.0. The van der Waals surface area contributed by atoms with Crippen LogP contribution in [0.5, 0.6) is 5.75 Å². The Morgan fingerprint density at radius 3 is 2.62 bits per heavy atom. The summed E-state index contributed by atoms with van der Waals surface area (Å²) in [5.74, 6) is 0.506. The van der Waals surface area contributed by atoms with E-state index in [-0.39, 0.29) is 12.1 Å². The van der Waals surface area contributed by atoms with E-state index >= 15 is 0 Å². The lowest BCUT2D eigenvalue weighted by Gasteiger charge is -2.19. The van der Waals surface area contributed by atoms with Crippen molar-refractivity contribution >= 4 is 5.97 Å². The second-order valence-corrected chi connectivity index (χ2v) is 3.63. The molecule has 3 heteroatoms. The number of hydrogen-bond donors (Lipinski definition) is 0. The molecule has 0 aliphatic rings. The minimum absolute atomic E-state index is 0.210. The minimum Gasteiger partial charge on any atom is -0.496 e. The standard InChI is InChI=1S/C13H18O3/c1-4-7-13(16-10(2)14)11-8-5-6-9-12(11)15-3/h5-6,8-9,13H,4,7H2,1-3H3. The van der Waals surface area contributed by atoms with Crippen LogP contribution in [0, 0.1) is 0 Å². The van der Waals surface area contributed by atoms with Gasteiger partial charge in [-0.1, -0.05) is 31.5 Å². The van der Waals surface area contributed by atoms with Crippen molar-refractivity contribution in [3.05, 3.63) is 29.8 Å². The van der Waals surface area contributed by atoms with Gasteiger partial charge in [0.1, 0.15) is 11.9 Å². The van der Waals surface area contributed by atoms with Gasteiger partial charge in [0.15, 0.2) is 0 Å². The molecule has 0 radical (unpaired) electrons. The van der Waals surface area contributed by atoms with Gasteiger partial charge in [-0.2, -0.15) is 0 Å². The Balaban J connectivity index is 2.94. The van der Waals surface area contributed by atoms with E-state index < -0.39 is 0 Å². The van der Waals surface area contributed by atoms with Crippen LogP contribution in [0.25, 0.3) is 0 Å². The third kappa shape index (κ3) is 3.26. The van der Waals surface area contributed by atoms with Gasteiger partial charge in [0.2, 0.25) is 0 Å². The molecule has 0 amide bonds. The topological polar surface area (TPSA) is 35.5 Å². The zero-order valence-corrected chi connectivity index (χ0v) is 10.0. The summed E-state index contributed by atoms with van der Waals surface area (Å²) in [6.07, 6.45) is 1.55. The molecule has 1 aromatic carbocycles. The zero-order chi connectivity index (χ0) is 12.0. The van der Waals surface area contributed by atoms with Gasteiger partial charge in [-0.3, -0.25) is 4.79 Å². The summed E-state index contributed by atoms with van der Waals surface area (Å²) >= 11 is 0. The highest BCUT2D eigenvalue weighted by atomic mass is 16.5. The van der Waals surface area contributed by atoms with E-state index in [9.17, 15) is 4.79 Å². The summed E-state index contributed by atoms with van der Waals surface area (Å²) in [4.78, 5) is 11.0. The van der Waals surface area contributed by atoms with Gasteiger partial charge in [-0.15, -0.1) is 0 Å². The molecule has 1 atom stereocenters. The number of esters is 1. The van der Waals surface area contributed by atoms with E-state index in [0.29, 0.717) is 0 Å². The number of benzene rings is 1. The van der Waals surface area contributed by atoms with Crippen LogP contribution in [0.1, 0.15) is 38.4 Å². The SMILES string of the molecule is CCCC(OC(C)=O)c1ccccc1OC. The Morgan fingerprint density at radius 1 is 1.38 bits per heavy atom. The van der Waals surface area contributed by atoms with E-state index in [2.05, 4.69) is 6.92 Å². The van der Waals surface area contributed by atoms with Crippen LogP contribution in [0.15, 0.2) is 24.3 Å². The summed E-state index contributed by atoms with van der Waals surface area (Å²) in [7, 11) is 1.62. The molecule has 1 aromatic rings. The molecule has 0 aromatic heterocycles. The summed E-state index contributed by atoms with van der Waals surface area (Å²) < 4.78 is 10.6. The van der Waals surface area contributed by atoms with E-state index in [1.807, 2.05) is 24.3 Å². The van der Waals surface area contributed by atoms with Gasteiger partial charge >= 0.3 is 5.97 Å². The monoisotopic (exact) mass is 222 g/mol. The lowest BCUT2D eigenvalue weighted by molar-refractivity contribution is -0.147. The number of para-hydroxylation sites is 1. The van der Waals surface area contributed by atoms with Gasteiger partial charge in [0, 0.05) is 12.5 Å². The smallest absolute Gasteiger partial charge is 0.303 e. The average molecular weight is 222 g/mol. The lowest BCUT2D eigenvalue weighted by Crippen LogP contribution is -2.09. The largest absolute Gasteiger partial charge is 0.496 e. The zero-order valence-electron chi connectivity index (χ0n) is 10.0. The van der Waals surface area contributed by atoms with Gasteiger partial charge < -0.3 is 9.47 Å². The molecule has 0 saturated heterocycles. The molecule has 0 heterocycles. The molecule has 88 valence electrons. The summed E-state index contributed by atoms with van der Waals surface area (Å²) in [5, 5.41) is 0. The molecule has 1 unspecified atom stereocenters. The van der Waals surface area contributed by atoms with Crippen molar-refractivity contribution in [1.29, 1.82) is 0 Å². The number of ether oxygens (including phenoxy) is 2. The molecule has 0 bridgehead atoms. The van der Waals surface area contributed by atoms with Crippen LogP contribution in [0.3, 0.4) is 0 Å². The first-order chi connectivity index (χ1) is 7.69. The molecule has 0 spiro atoms. The number of hydrogen-bond acceptors (Lipinski definition) is 3. The van der Waals surface area contributed by atoms with Crippen LogP contribution >= 0.6 is 0 Å². The van der Waals surface area contributed by atoms with Crippen molar-refractivity contribution in [3.8, 4) is 5.75 Å². The van der Waals surface area contributed by atoms with Crippen LogP contribution in [0.4, 0.5) is 0 Å². The Bertz CT molecular complexity index is 347. The fourth-order valence-corrected chi connectivity index (χ4v) is 1.67. The van der Waals surface area contributed by atoms with Crippen molar-refractivity contribution in [2.75, 3.05) is 7.11 Å². The fraction of sp³-hybridized carbons (Fsp3) is 0.462. The van der Waals surface area contributed by atoms with E-state index in [1.54, 1.807) is 7.11 Å². The molecule has 0 aliphatic heterocycles. The quantitative estimate of drug-likeness (QED) is 0.718. The van der Waals surface area contributed by atoms with E-state index in [1.165, 1.54) is 6.92 Å². The lowest BCUT2D eigenvalue weighted by atomic mass is 10.0. The highest BCUT2D eigenvalue weighted by Crippen LogP contribution is 2.30. The van der Waals surface area contributed by atoms with Crippen LogP contribution in [-0.2, 0) is 9.53 Å². The number of carbonyl (C=O) groups is 1. The molecule has 0 aliphatic carbocycles. The number of rotatable bonds is 5. The molecule has 16 heavy (non-hydrogen) atoms. The number of carbonyl (C=O) groups excluding carboxylic acids is 1. The van der Waals surface area contributed by atoms with Crippen molar-refractivity contribution in [1.82, 2.24) is 0 Å². The normalized spacial score (nSPS) is 11.9. The summed E-state index contributed by atoms with van der Waals surface area (Å²) in [6, 6.07) is 7.63. The van der Waals surface area contributed by atoms with Gasteiger partial charge in [0.05, 0.1) is 7.11 Å². The van der Waals surface area contributed by atoms with Gasteiger partial charge in [0.25, 0.3) is 0 Å². The molecule has 0 saturated carbocycles. The summed E-state index contributed by atoms with van der Waals surface area (Å²) in [6.45, 7) is 3.49. The van der Waals surface area contributed by atoms with Crippen molar-refractivity contribution < 1.29 is 14.3 Å². The van der Waals surface area contributed by atoms with E-state index in [4.69, 9.17) is 9.47 Å². The first-order valence-electron chi connectivity index (χ1n) is 5.49. The van der Waals surface area contributed by atoms with Crippen LogP contribution in [0.2, 0.25) is 0 Å². The molecule has 0 N–H and O–H groups in total. The Hall–Kier alpha value is -1.51. The molecule has 3 nitrogen and oxygen atoms in total. The Labute approximate surface area is 96.4 Å². The third-order valence-electron chi connectivity index (χ3n) is 2.34. The number of methoxy groups -OCH3 is 1. The van der Waals surface area contributed by atoms with Gasteiger partial charge in [-0.05, 0) is 12.5 Å². The summed E-state index contributed by atoms with van der Waals surface area (Å²) in [5.41, 5.74) is 0.932. The van der Waals surface area contributed by atoms with Crippen LogP contribution < -0.4 is 4.74 Å². The maximum atomic E-state index is 11.0. The molecular weight excluding hydrogens is 204 g/mol. The van der Waals surface area contributed by atoms with Gasteiger partial charge in [-0.25, -0.2) is 0 Å². The second kappa shape index (κ2) is 6.16. The predicted molar refractivity (Wildman–Crippen MR) is 62.4 cm³/mol. The Kier molecular flexibility index (Phi) is 4.83. The minimum atomic E-state index is -0.260. The van der Waals surface area contributed by atoms with Crippen molar-refractivity contribution in [3.63, 3.8) is 0 Å². The van der Waals surface area contributed by atoms with Crippen LogP contribution in [-0.4, -0.2) is 13.1 Å². The highest BCUT2D eigenvalue weighted by Gasteiger charge is 2.17. The molecule has 0 fully saturated rings. The predicted octanol–water partition coefficient (Wildman–Crippen LogP) is 3.10. The molecule has 1 rings (SSSR count). The second-order valence-electron chi connectivity index (χ2n) is 3.63. The first-order valence-corrected chi connectivity index (χ1v) is 5.49. The molecular formula is C13H18O3. The van der Waals surface area contributed by atoms with E-state index in [0.717, 1.165) is 24.2 Å². The van der Waals surface area contributed by atoms with Crippen molar-refractivity contribution in [2.45, 2.75) is 32.8 Å². The highest BCUT2D eigenvalue weighted by molar-refractivity contribution is 5.66. The third-order valence-corrected chi connectivity index (χ3v) is 2.34. The van der Waals surface area contributed by atoms with Crippen molar-refractivity contribution in [2.24, 2.45) is 0 Å². The maximum Gasteiger partial charge on any atom is 0.303 e. The fourth-order valence-electron chi connectivity index (χ4n) is 1.67. The Morgan fingerprint density at radius 2 is 2.06 bits per heavy atom.